The molecule has 1 atom stereocenters. The molecule has 2 aliphatic rings. The first-order chi connectivity index (χ1) is 8.50. The van der Waals surface area contributed by atoms with E-state index in [1.54, 1.807) is 4.90 Å². The summed E-state index contributed by atoms with van der Waals surface area (Å²) in [7, 11) is 0. The normalized spacial score (nSPS) is 26.3. The highest BCUT2D eigenvalue weighted by Crippen LogP contribution is 2.39. The molecule has 1 saturated heterocycles. The van der Waals surface area contributed by atoms with Gasteiger partial charge in [0.25, 0.3) is 0 Å². The lowest BCUT2D eigenvalue weighted by Gasteiger charge is -2.39. The molecule has 102 valence electrons. The number of urea groups is 1. The van der Waals surface area contributed by atoms with E-state index in [2.05, 4.69) is 12.2 Å². The van der Waals surface area contributed by atoms with Crippen LogP contribution in [0.25, 0.3) is 0 Å². The predicted molar refractivity (Wildman–Crippen MR) is 67.3 cm³/mol. The van der Waals surface area contributed by atoms with Gasteiger partial charge in [-0.2, -0.15) is 0 Å². The molecule has 5 nitrogen and oxygen atoms in total. The number of hydrogen-bond acceptors (Lipinski definition) is 2. The molecule has 1 aliphatic carbocycles. The number of carbonyl (C=O) groups excluding carboxylic acids is 1. The Balaban J connectivity index is 1.79. The van der Waals surface area contributed by atoms with Crippen molar-refractivity contribution in [2.45, 2.75) is 39.0 Å². The van der Waals surface area contributed by atoms with Crippen LogP contribution in [0.3, 0.4) is 0 Å². The molecular formula is C13H22N2O3. The minimum absolute atomic E-state index is 0.103. The van der Waals surface area contributed by atoms with Gasteiger partial charge in [-0.15, -0.1) is 0 Å². The van der Waals surface area contributed by atoms with Crippen LogP contribution >= 0.6 is 0 Å². The first-order valence-electron chi connectivity index (χ1n) is 6.76. The minimum atomic E-state index is -0.793. The number of nitrogens with one attached hydrogen (secondary N) is 1. The van der Waals surface area contributed by atoms with E-state index in [4.69, 9.17) is 5.11 Å². The van der Waals surface area contributed by atoms with Gasteiger partial charge >= 0.3 is 12.0 Å². The fourth-order valence-electron chi connectivity index (χ4n) is 2.72. The number of carboxylic acid groups (broad SMARTS) is 1. The maximum Gasteiger partial charge on any atom is 0.317 e. The van der Waals surface area contributed by atoms with E-state index in [0.717, 1.165) is 6.42 Å². The summed E-state index contributed by atoms with van der Waals surface area (Å²) in [6, 6.07) is -0.103. The van der Waals surface area contributed by atoms with E-state index in [1.807, 2.05) is 0 Å². The van der Waals surface area contributed by atoms with Crippen molar-refractivity contribution in [1.82, 2.24) is 10.2 Å². The number of amides is 2. The lowest BCUT2D eigenvalue weighted by Crippen LogP contribution is -2.50. The Kier molecular flexibility index (Phi) is 3.78. The second-order valence-electron chi connectivity index (χ2n) is 5.95. The van der Waals surface area contributed by atoms with Crippen LogP contribution in [0.2, 0.25) is 0 Å². The molecule has 1 saturated carbocycles. The van der Waals surface area contributed by atoms with Crippen LogP contribution in [0.4, 0.5) is 4.79 Å². The third-order valence-corrected chi connectivity index (χ3v) is 4.28. The number of rotatable bonds is 3. The minimum Gasteiger partial charge on any atom is -0.481 e. The van der Waals surface area contributed by atoms with Crippen LogP contribution in [0.1, 0.15) is 39.0 Å². The van der Waals surface area contributed by atoms with Crippen molar-refractivity contribution in [3.05, 3.63) is 0 Å². The van der Waals surface area contributed by atoms with E-state index < -0.39 is 11.9 Å². The number of carbonyl (C=O) groups is 2. The van der Waals surface area contributed by atoms with Crippen molar-refractivity contribution in [2.75, 3.05) is 19.6 Å². The van der Waals surface area contributed by atoms with E-state index in [0.29, 0.717) is 26.1 Å². The molecule has 0 unspecified atom stereocenters. The Morgan fingerprint density at radius 1 is 1.39 bits per heavy atom. The molecule has 0 radical (unpaired) electrons. The summed E-state index contributed by atoms with van der Waals surface area (Å²) >= 11 is 0. The molecule has 0 aromatic carbocycles. The molecule has 2 fully saturated rings. The van der Waals surface area contributed by atoms with Gasteiger partial charge < -0.3 is 15.3 Å². The van der Waals surface area contributed by atoms with Crippen LogP contribution in [0, 0.1) is 11.3 Å². The van der Waals surface area contributed by atoms with Crippen LogP contribution in [-0.4, -0.2) is 41.6 Å². The summed E-state index contributed by atoms with van der Waals surface area (Å²) in [6.07, 6.45) is 5.05. The summed E-state index contributed by atoms with van der Waals surface area (Å²) in [5.74, 6) is -1.19. The topological polar surface area (TPSA) is 69.6 Å². The maximum absolute atomic E-state index is 12.0. The van der Waals surface area contributed by atoms with Gasteiger partial charge in [0.2, 0.25) is 0 Å². The highest BCUT2D eigenvalue weighted by molar-refractivity contribution is 5.76. The van der Waals surface area contributed by atoms with E-state index in [1.165, 1.54) is 19.3 Å². The van der Waals surface area contributed by atoms with Crippen molar-refractivity contribution >= 4 is 12.0 Å². The summed E-state index contributed by atoms with van der Waals surface area (Å²) in [5.41, 5.74) is 0.262. The fourth-order valence-corrected chi connectivity index (χ4v) is 2.72. The van der Waals surface area contributed by atoms with Crippen LogP contribution < -0.4 is 5.32 Å². The lowest BCUT2D eigenvalue weighted by atomic mass is 9.70. The first-order valence-corrected chi connectivity index (χ1v) is 6.76. The molecule has 5 heteroatoms. The van der Waals surface area contributed by atoms with Crippen molar-refractivity contribution in [1.29, 1.82) is 0 Å². The second kappa shape index (κ2) is 5.16. The van der Waals surface area contributed by atoms with Gasteiger partial charge in [0, 0.05) is 19.6 Å². The number of nitrogens with zero attached hydrogens (tertiary/aromatic N) is 1. The zero-order valence-electron chi connectivity index (χ0n) is 10.9. The monoisotopic (exact) mass is 254 g/mol. The Hall–Kier alpha value is -1.26. The van der Waals surface area contributed by atoms with Crippen LogP contribution in [0.15, 0.2) is 0 Å². The van der Waals surface area contributed by atoms with Crippen molar-refractivity contribution < 1.29 is 14.7 Å². The molecule has 0 aromatic rings. The zero-order chi connectivity index (χ0) is 13.2. The summed E-state index contributed by atoms with van der Waals surface area (Å²) in [5, 5.41) is 11.9. The van der Waals surface area contributed by atoms with E-state index in [9.17, 15) is 9.59 Å². The van der Waals surface area contributed by atoms with Gasteiger partial charge in [-0.05, 0) is 31.1 Å². The first kappa shape index (κ1) is 13.2. The Labute approximate surface area is 108 Å². The number of likely N-dealkylation sites (tertiary alicyclic amines) is 1. The van der Waals surface area contributed by atoms with Gasteiger partial charge in [-0.25, -0.2) is 4.79 Å². The van der Waals surface area contributed by atoms with Crippen LogP contribution in [-0.2, 0) is 4.79 Å². The maximum atomic E-state index is 12.0. The molecule has 2 amide bonds. The predicted octanol–water partition coefficient (Wildman–Crippen LogP) is 1.68. The fraction of sp³-hybridized carbons (Fsp3) is 0.846. The second-order valence-corrected chi connectivity index (χ2v) is 5.95. The standard InChI is InChI=1S/C13H22N2O3/c1-13(5-3-6-13)9-14-12(18)15-7-2-4-10(8-15)11(16)17/h10H,2-9H2,1H3,(H,14,18)(H,16,17)/t10-/m1/s1. The average Bonchev–Trinajstić information content (AvgIpc) is 2.33. The Morgan fingerprint density at radius 3 is 2.67 bits per heavy atom. The van der Waals surface area contributed by atoms with Gasteiger partial charge in [0.05, 0.1) is 5.92 Å². The number of hydrogen-bond donors (Lipinski definition) is 2. The molecule has 18 heavy (non-hydrogen) atoms. The molecule has 1 heterocycles. The van der Waals surface area contributed by atoms with E-state index >= 15 is 0 Å². The molecule has 2 rings (SSSR count). The summed E-state index contributed by atoms with van der Waals surface area (Å²) in [4.78, 5) is 24.6. The number of aliphatic carboxylic acids is 1. The third-order valence-electron chi connectivity index (χ3n) is 4.28. The van der Waals surface area contributed by atoms with Crippen molar-refractivity contribution in [3.8, 4) is 0 Å². The Morgan fingerprint density at radius 2 is 2.11 bits per heavy atom. The number of carboxylic acids is 1. The van der Waals surface area contributed by atoms with Crippen molar-refractivity contribution in [2.24, 2.45) is 11.3 Å². The Bertz CT molecular complexity index is 339. The molecule has 0 spiro atoms. The molecule has 1 aliphatic heterocycles. The van der Waals surface area contributed by atoms with Gasteiger partial charge in [-0.1, -0.05) is 13.3 Å². The van der Waals surface area contributed by atoms with Gasteiger partial charge in [0.1, 0.15) is 0 Å². The molecular weight excluding hydrogens is 232 g/mol. The summed E-state index contributed by atoms with van der Waals surface area (Å²) in [6.45, 7) is 3.91. The molecule has 0 bridgehead atoms. The highest BCUT2D eigenvalue weighted by Gasteiger charge is 2.33. The SMILES string of the molecule is CC1(CNC(=O)N2CCC[C@@H](C(=O)O)C2)CCC1. The summed E-state index contributed by atoms with van der Waals surface area (Å²) < 4.78 is 0. The van der Waals surface area contributed by atoms with Crippen molar-refractivity contribution in [3.63, 3.8) is 0 Å². The lowest BCUT2D eigenvalue weighted by molar-refractivity contribution is -0.143. The van der Waals surface area contributed by atoms with Gasteiger partial charge in [0.15, 0.2) is 0 Å². The third kappa shape index (κ3) is 2.94. The van der Waals surface area contributed by atoms with Crippen LogP contribution in [0.5, 0.6) is 0 Å². The number of piperidine rings is 1. The largest absolute Gasteiger partial charge is 0.481 e. The molecule has 0 aromatic heterocycles. The average molecular weight is 254 g/mol. The quantitative estimate of drug-likeness (QED) is 0.805. The van der Waals surface area contributed by atoms with E-state index in [-0.39, 0.29) is 11.4 Å². The van der Waals surface area contributed by atoms with Gasteiger partial charge in [-0.3, -0.25) is 4.79 Å². The molecule has 2 N–H and O–H groups in total. The highest BCUT2D eigenvalue weighted by atomic mass is 16.4. The smallest absolute Gasteiger partial charge is 0.317 e. The zero-order valence-corrected chi connectivity index (χ0v) is 10.9.